The van der Waals surface area contributed by atoms with Crippen molar-refractivity contribution in [2.24, 2.45) is 5.92 Å². The van der Waals surface area contributed by atoms with Crippen molar-refractivity contribution in [2.75, 3.05) is 0 Å². The SMILES string of the molecule is CC1=CC(C)[C]([Hf+2])=C1C.[Cl-].[Cl-]. The molecule has 0 N–H and O–H groups in total. The molecule has 3 heteroatoms. The van der Waals surface area contributed by atoms with Gasteiger partial charge in [-0.25, -0.2) is 0 Å². The average molecular weight is 357 g/mol. The molecule has 0 spiro atoms. The summed E-state index contributed by atoms with van der Waals surface area (Å²) in [6, 6.07) is 0. The Hall–Kier alpha value is 0.930. The van der Waals surface area contributed by atoms with E-state index in [4.69, 9.17) is 0 Å². The molecule has 1 aliphatic carbocycles. The molecule has 0 aliphatic heterocycles. The molecule has 11 heavy (non-hydrogen) atoms. The zero-order valence-electron chi connectivity index (χ0n) is 6.91. The fourth-order valence-electron chi connectivity index (χ4n) is 1.14. The van der Waals surface area contributed by atoms with Gasteiger partial charge in [-0.3, -0.25) is 0 Å². The molecule has 0 radical (unpaired) electrons. The number of halogens is 2. The number of allylic oxidation sites excluding steroid dienone is 4. The van der Waals surface area contributed by atoms with E-state index in [1.807, 2.05) is 0 Å². The van der Waals surface area contributed by atoms with Crippen LogP contribution < -0.4 is 24.8 Å². The molecular formula is C8H11Cl2Hf. The fraction of sp³-hybridized carbons (Fsp3) is 0.500. The van der Waals surface area contributed by atoms with Crippen molar-refractivity contribution in [1.29, 1.82) is 0 Å². The van der Waals surface area contributed by atoms with Gasteiger partial charge in [0, 0.05) is 0 Å². The summed E-state index contributed by atoms with van der Waals surface area (Å²) in [6.07, 6.45) is 2.36. The molecule has 61 valence electrons. The molecule has 0 aromatic heterocycles. The van der Waals surface area contributed by atoms with Gasteiger partial charge in [-0.1, -0.05) is 0 Å². The molecule has 1 rings (SSSR count). The molecule has 1 unspecified atom stereocenters. The second-order valence-corrected chi connectivity index (χ2v) is 4.61. The van der Waals surface area contributed by atoms with Gasteiger partial charge in [-0.05, 0) is 0 Å². The van der Waals surface area contributed by atoms with E-state index in [-0.39, 0.29) is 24.8 Å². The molecule has 0 aromatic carbocycles. The first-order chi connectivity index (χ1) is 4.13. The van der Waals surface area contributed by atoms with E-state index < -0.39 is 0 Å². The predicted molar refractivity (Wildman–Crippen MR) is 35.6 cm³/mol. The molecule has 0 amide bonds. The Balaban J connectivity index is 0. The smallest absolute Gasteiger partial charge is 1.00 e. The van der Waals surface area contributed by atoms with Crippen molar-refractivity contribution in [1.82, 2.24) is 0 Å². The van der Waals surface area contributed by atoms with Gasteiger partial charge in [-0.15, -0.1) is 0 Å². The van der Waals surface area contributed by atoms with E-state index in [2.05, 4.69) is 26.8 Å². The maximum atomic E-state index is 2.36. The van der Waals surface area contributed by atoms with Gasteiger partial charge in [0.2, 0.25) is 0 Å². The van der Waals surface area contributed by atoms with Crippen LogP contribution in [0.5, 0.6) is 0 Å². The van der Waals surface area contributed by atoms with Gasteiger partial charge in [-0.2, -0.15) is 0 Å². The first-order valence-corrected chi connectivity index (χ1v) is 5.03. The normalized spacial score (nSPS) is 22.3. The summed E-state index contributed by atoms with van der Waals surface area (Å²) < 4.78 is 1.67. The molecule has 1 atom stereocenters. The fourth-order valence-corrected chi connectivity index (χ4v) is 2.15. The van der Waals surface area contributed by atoms with Crippen molar-refractivity contribution >= 4 is 0 Å². The van der Waals surface area contributed by atoms with Crippen molar-refractivity contribution < 1.29 is 49.2 Å². The molecule has 0 fully saturated rings. The second kappa shape index (κ2) is 5.55. The summed E-state index contributed by atoms with van der Waals surface area (Å²) in [5.41, 5.74) is 3.04. The predicted octanol–water partition coefficient (Wildman–Crippen LogP) is -3.59. The zero-order valence-corrected chi connectivity index (χ0v) is 12.0. The molecule has 0 nitrogen and oxygen atoms in total. The Kier molecular flexibility index (Phi) is 7.30. The quantitative estimate of drug-likeness (QED) is 0.394. The third-order valence-corrected chi connectivity index (χ3v) is 4.93. The summed E-state index contributed by atoms with van der Waals surface area (Å²) in [5, 5.41) is 0. The van der Waals surface area contributed by atoms with Crippen LogP contribution in [0.2, 0.25) is 0 Å². The molecule has 1 aliphatic rings. The summed E-state index contributed by atoms with van der Waals surface area (Å²) >= 11 is 1.24. The number of rotatable bonds is 0. The minimum atomic E-state index is 0. The first-order valence-electron chi connectivity index (χ1n) is 3.24. The van der Waals surface area contributed by atoms with Crippen LogP contribution in [0.25, 0.3) is 0 Å². The van der Waals surface area contributed by atoms with E-state index in [1.54, 1.807) is 8.90 Å². The molecule has 0 saturated heterocycles. The third kappa shape index (κ3) is 3.04. The van der Waals surface area contributed by atoms with Crippen LogP contribution in [0.1, 0.15) is 20.8 Å². The molecular weight excluding hydrogens is 345 g/mol. The van der Waals surface area contributed by atoms with Gasteiger partial charge in [0.25, 0.3) is 0 Å². The van der Waals surface area contributed by atoms with Crippen molar-refractivity contribution in [3.63, 3.8) is 0 Å². The summed E-state index contributed by atoms with van der Waals surface area (Å²) in [7, 11) is 0. The second-order valence-electron chi connectivity index (χ2n) is 2.68. The van der Waals surface area contributed by atoms with E-state index >= 15 is 0 Å². The summed E-state index contributed by atoms with van der Waals surface area (Å²) in [4.78, 5) is 0. The largest absolute Gasteiger partial charge is 1.00 e. The van der Waals surface area contributed by atoms with E-state index in [0.717, 1.165) is 5.92 Å². The Bertz CT molecular complexity index is 194. The standard InChI is InChI=1S/C8H11.2ClH.Hf/c1-6-4-7(2)8(3)5-6;;;/h4,6H,1-3H3;2*1H;/q;;;+2/p-2. The van der Waals surface area contributed by atoms with Gasteiger partial charge >= 0.3 is 71.6 Å². The Morgan fingerprint density at radius 2 is 1.73 bits per heavy atom. The zero-order chi connectivity index (χ0) is 7.02. The summed E-state index contributed by atoms with van der Waals surface area (Å²) in [5.74, 6) is 0.747. The van der Waals surface area contributed by atoms with Crippen molar-refractivity contribution in [3.8, 4) is 0 Å². The van der Waals surface area contributed by atoms with Crippen molar-refractivity contribution in [3.05, 3.63) is 20.6 Å². The minimum Gasteiger partial charge on any atom is -1.00 e. The maximum absolute atomic E-state index is 2.36. The van der Waals surface area contributed by atoms with Crippen molar-refractivity contribution in [2.45, 2.75) is 20.8 Å². The van der Waals surface area contributed by atoms with E-state index in [9.17, 15) is 0 Å². The summed E-state index contributed by atoms with van der Waals surface area (Å²) in [6.45, 7) is 6.72. The monoisotopic (exact) mass is 357 g/mol. The first kappa shape index (κ1) is 14.5. The van der Waals surface area contributed by atoms with E-state index in [0.29, 0.717) is 0 Å². The van der Waals surface area contributed by atoms with Crippen LogP contribution in [0.3, 0.4) is 0 Å². The van der Waals surface area contributed by atoms with Gasteiger partial charge in [0.05, 0.1) is 0 Å². The Morgan fingerprint density at radius 3 is 1.82 bits per heavy atom. The van der Waals surface area contributed by atoms with Crippen LogP contribution >= 0.6 is 0 Å². The molecule has 0 saturated carbocycles. The maximum Gasteiger partial charge on any atom is -1.00 e. The van der Waals surface area contributed by atoms with Crippen LogP contribution in [0.15, 0.2) is 20.6 Å². The van der Waals surface area contributed by atoms with Crippen LogP contribution in [0, 0.1) is 5.92 Å². The van der Waals surface area contributed by atoms with Crippen LogP contribution in [0.4, 0.5) is 0 Å². The van der Waals surface area contributed by atoms with Gasteiger partial charge in [0.1, 0.15) is 0 Å². The molecule has 0 heterocycles. The van der Waals surface area contributed by atoms with E-state index in [1.165, 1.54) is 29.9 Å². The van der Waals surface area contributed by atoms with Gasteiger partial charge < -0.3 is 24.8 Å². The molecule has 0 aromatic rings. The number of hydrogen-bond donors (Lipinski definition) is 0. The van der Waals surface area contributed by atoms with Gasteiger partial charge in [0.15, 0.2) is 0 Å². The average Bonchev–Trinajstić information content (AvgIpc) is 1.98. The topological polar surface area (TPSA) is 0 Å². The Labute approximate surface area is 95.9 Å². The van der Waals surface area contributed by atoms with Crippen LogP contribution in [-0.2, 0) is 24.4 Å². The van der Waals surface area contributed by atoms with Crippen LogP contribution in [-0.4, -0.2) is 0 Å². The minimum absolute atomic E-state index is 0. The third-order valence-electron chi connectivity index (χ3n) is 1.95. The Morgan fingerprint density at radius 1 is 1.27 bits per heavy atom. The number of hydrogen-bond acceptors (Lipinski definition) is 0. The molecule has 0 bridgehead atoms.